The predicted molar refractivity (Wildman–Crippen MR) is 118 cm³/mol. The highest BCUT2D eigenvalue weighted by Gasteiger charge is 2.17. The van der Waals surface area contributed by atoms with Crippen LogP contribution in [0.5, 0.6) is 5.75 Å². The molecular weight excluding hydrogens is 443 g/mol. The van der Waals surface area contributed by atoms with Gasteiger partial charge in [0.2, 0.25) is 4.96 Å². The Morgan fingerprint density at radius 1 is 1.00 bits per heavy atom. The van der Waals surface area contributed by atoms with Gasteiger partial charge in [-0.3, -0.25) is 0 Å². The third-order valence-electron chi connectivity index (χ3n) is 4.61. The number of methoxy groups -OCH3 is 1. The van der Waals surface area contributed by atoms with Crippen LogP contribution in [0.2, 0.25) is 10.0 Å². The molecule has 0 amide bonds. The van der Waals surface area contributed by atoms with E-state index in [9.17, 15) is 0 Å². The molecule has 150 valence electrons. The molecule has 0 bridgehead atoms. The standard InChI is InChI=1S/C21H14Cl2N4O2S/c1-28-13-7-5-12(6-8-13)11-18-24-25-21-27(18)26-20(30-21)17-10-9-16(29-17)14-3-2-4-15(22)19(14)23/h2-10H,11H2,1H3. The van der Waals surface area contributed by atoms with Crippen LogP contribution >= 0.6 is 34.5 Å². The van der Waals surface area contributed by atoms with Crippen LogP contribution in [0.1, 0.15) is 11.4 Å². The van der Waals surface area contributed by atoms with Crippen LogP contribution in [0.15, 0.2) is 59.0 Å². The summed E-state index contributed by atoms with van der Waals surface area (Å²) in [4.78, 5) is 0.701. The first-order valence-electron chi connectivity index (χ1n) is 9.01. The molecule has 0 aliphatic rings. The number of ether oxygens (including phenoxy) is 1. The fraction of sp³-hybridized carbons (Fsp3) is 0.0952. The molecule has 2 aromatic carbocycles. The summed E-state index contributed by atoms with van der Waals surface area (Å²) in [5, 5.41) is 14.8. The molecule has 3 aromatic heterocycles. The van der Waals surface area contributed by atoms with Crippen molar-refractivity contribution in [3.8, 4) is 27.8 Å². The van der Waals surface area contributed by atoms with E-state index in [1.54, 1.807) is 17.7 Å². The van der Waals surface area contributed by atoms with E-state index < -0.39 is 0 Å². The van der Waals surface area contributed by atoms with Crippen molar-refractivity contribution in [2.75, 3.05) is 7.11 Å². The van der Waals surface area contributed by atoms with E-state index in [0.29, 0.717) is 38.0 Å². The lowest BCUT2D eigenvalue weighted by atomic mass is 10.1. The molecule has 30 heavy (non-hydrogen) atoms. The summed E-state index contributed by atoms with van der Waals surface area (Å²) >= 11 is 13.8. The van der Waals surface area contributed by atoms with Gasteiger partial charge in [0.1, 0.15) is 11.5 Å². The maximum atomic E-state index is 6.31. The largest absolute Gasteiger partial charge is 0.497 e. The average molecular weight is 457 g/mol. The molecule has 0 unspecified atom stereocenters. The Balaban J connectivity index is 1.45. The molecule has 0 fully saturated rings. The van der Waals surface area contributed by atoms with Crippen molar-refractivity contribution in [3.63, 3.8) is 0 Å². The minimum absolute atomic E-state index is 0.458. The van der Waals surface area contributed by atoms with Crippen molar-refractivity contribution in [2.45, 2.75) is 6.42 Å². The number of halogens is 2. The van der Waals surface area contributed by atoms with Gasteiger partial charge in [-0.15, -0.1) is 15.3 Å². The van der Waals surface area contributed by atoms with Crippen molar-refractivity contribution >= 4 is 39.5 Å². The third kappa shape index (κ3) is 3.45. The van der Waals surface area contributed by atoms with Gasteiger partial charge in [-0.2, -0.15) is 4.52 Å². The zero-order chi connectivity index (χ0) is 20.7. The Kier molecular flexibility index (Phi) is 4.94. The van der Waals surface area contributed by atoms with E-state index in [2.05, 4.69) is 15.3 Å². The van der Waals surface area contributed by atoms with Gasteiger partial charge in [0.05, 0.1) is 17.2 Å². The second-order valence-electron chi connectivity index (χ2n) is 6.51. The van der Waals surface area contributed by atoms with E-state index in [1.807, 2.05) is 48.5 Å². The maximum absolute atomic E-state index is 6.31. The molecule has 0 saturated carbocycles. The topological polar surface area (TPSA) is 65.5 Å². The number of aromatic nitrogens is 4. The molecule has 0 aliphatic heterocycles. The summed E-state index contributed by atoms with van der Waals surface area (Å²) < 4.78 is 13.0. The van der Waals surface area contributed by atoms with Crippen LogP contribution in [0.25, 0.3) is 27.1 Å². The Morgan fingerprint density at radius 3 is 2.60 bits per heavy atom. The molecule has 0 N–H and O–H groups in total. The highest BCUT2D eigenvalue weighted by Crippen LogP contribution is 2.37. The summed E-state index contributed by atoms with van der Waals surface area (Å²) in [5.74, 6) is 2.82. The van der Waals surface area contributed by atoms with Gasteiger partial charge < -0.3 is 9.15 Å². The molecule has 0 radical (unpaired) electrons. The molecular formula is C21H14Cl2N4O2S. The molecule has 0 saturated heterocycles. The second kappa shape index (κ2) is 7.75. The molecule has 0 spiro atoms. The van der Waals surface area contributed by atoms with Gasteiger partial charge in [0, 0.05) is 12.0 Å². The lowest BCUT2D eigenvalue weighted by molar-refractivity contribution is 0.414. The summed E-state index contributed by atoms with van der Waals surface area (Å²) in [5.41, 5.74) is 1.83. The Bertz CT molecular complexity index is 1340. The van der Waals surface area contributed by atoms with Crippen molar-refractivity contribution in [3.05, 3.63) is 76.0 Å². The fourth-order valence-corrected chi connectivity index (χ4v) is 4.30. The van der Waals surface area contributed by atoms with Gasteiger partial charge >= 0.3 is 0 Å². The summed E-state index contributed by atoms with van der Waals surface area (Å²) in [6, 6.07) is 17.0. The molecule has 0 atom stereocenters. The predicted octanol–water partition coefficient (Wildman–Crippen LogP) is 6.02. The highest BCUT2D eigenvalue weighted by atomic mass is 35.5. The van der Waals surface area contributed by atoms with Gasteiger partial charge in [-0.1, -0.05) is 52.7 Å². The highest BCUT2D eigenvalue weighted by molar-refractivity contribution is 7.19. The molecule has 0 aliphatic carbocycles. The molecule has 3 heterocycles. The van der Waals surface area contributed by atoms with E-state index in [4.69, 9.17) is 32.4 Å². The van der Waals surface area contributed by atoms with Crippen LogP contribution in [0, 0.1) is 0 Å². The first-order valence-corrected chi connectivity index (χ1v) is 10.6. The first-order chi connectivity index (χ1) is 14.6. The average Bonchev–Trinajstić information content (AvgIpc) is 3.47. The first kappa shape index (κ1) is 19.1. The number of rotatable bonds is 5. The van der Waals surface area contributed by atoms with E-state index >= 15 is 0 Å². The maximum Gasteiger partial charge on any atom is 0.235 e. The number of furan rings is 1. The van der Waals surface area contributed by atoms with Crippen LogP contribution in [-0.4, -0.2) is 26.9 Å². The van der Waals surface area contributed by atoms with Gasteiger partial charge in [0.25, 0.3) is 0 Å². The van der Waals surface area contributed by atoms with E-state index in [1.165, 1.54) is 11.3 Å². The van der Waals surface area contributed by atoms with E-state index in [0.717, 1.165) is 22.7 Å². The lowest BCUT2D eigenvalue weighted by Crippen LogP contribution is -1.97. The van der Waals surface area contributed by atoms with Gasteiger partial charge in [-0.05, 0) is 42.0 Å². The number of nitrogens with zero attached hydrogens (tertiary/aromatic N) is 4. The second-order valence-corrected chi connectivity index (χ2v) is 8.25. The molecule has 6 nitrogen and oxygen atoms in total. The quantitative estimate of drug-likeness (QED) is 0.323. The number of hydrogen-bond acceptors (Lipinski definition) is 6. The van der Waals surface area contributed by atoms with Crippen molar-refractivity contribution < 1.29 is 9.15 Å². The monoisotopic (exact) mass is 456 g/mol. The molecule has 9 heteroatoms. The Morgan fingerprint density at radius 2 is 1.80 bits per heavy atom. The Labute approximate surface area is 185 Å². The summed E-state index contributed by atoms with van der Waals surface area (Å²) in [6.07, 6.45) is 0.607. The zero-order valence-corrected chi connectivity index (χ0v) is 18.0. The minimum Gasteiger partial charge on any atom is -0.497 e. The van der Waals surface area contributed by atoms with Crippen molar-refractivity contribution in [1.29, 1.82) is 0 Å². The number of fused-ring (bicyclic) bond motifs is 1. The SMILES string of the molecule is COc1ccc(Cc2nnc3sc(-c4ccc(-c5cccc(Cl)c5Cl)o4)nn23)cc1. The van der Waals surface area contributed by atoms with Crippen LogP contribution in [-0.2, 0) is 6.42 Å². The lowest BCUT2D eigenvalue weighted by Gasteiger charge is -2.02. The van der Waals surface area contributed by atoms with Crippen molar-refractivity contribution in [2.24, 2.45) is 0 Å². The van der Waals surface area contributed by atoms with Gasteiger partial charge in [-0.25, -0.2) is 0 Å². The molecule has 5 aromatic rings. The summed E-state index contributed by atoms with van der Waals surface area (Å²) in [7, 11) is 1.65. The minimum atomic E-state index is 0.458. The van der Waals surface area contributed by atoms with Crippen LogP contribution < -0.4 is 4.74 Å². The van der Waals surface area contributed by atoms with E-state index in [-0.39, 0.29) is 0 Å². The number of benzene rings is 2. The smallest absolute Gasteiger partial charge is 0.235 e. The van der Waals surface area contributed by atoms with Crippen molar-refractivity contribution in [1.82, 2.24) is 19.8 Å². The number of hydrogen-bond donors (Lipinski definition) is 0. The summed E-state index contributed by atoms with van der Waals surface area (Å²) in [6.45, 7) is 0. The molecule has 5 rings (SSSR count). The zero-order valence-electron chi connectivity index (χ0n) is 15.7. The normalized spacial score (nSPS) is 11.3. The van der Waals surface area contributed by atoms with Crippen LogP contribution in [0.4, 0.5) is 0 Å². The third-order valence-corrected chi connectivity index (χ3v) is 6.34. The Hall–Kier alpha value is -2.87. The van der Waals surface area contributed by atoms with Gasteiger partial charge in [0.15, 0.2) is 16.6 Å². The van der Waals surface area contributed by atoms with Crippen LogP contribution in [0.3, 0.4) is 0 Å². The fourth-order valence-electron chi connectivity index (χ4n) is 3.08.